The average Bonchev–Trinajstić information content (AvgIpc) is 3.45. The molecule has 1 aliphatic heterocycles. The van der Waals surface area contributed by atoms with Crippen molar-refractivity contribution in [2.45, 2.75) is 13.1 Å². The Morgan fingerprint density at radius 2 is 0.887 bits per heavy atom. The number of hydrogen-bond acceptors (Lipinski definition) is 3. The Hall–Kier alpha value is -6.49. The molecule has 0 unspecified atom stereocenters. The minimum atomic E-state index is -2.14. The van der Waals surface area contributed by atoms with Crippen molar-refractivity contribution in [2.75, 3.05) is 0 Å². The van der Waals surface area contributed by atoms with Crippen LogP contribution in [-0.2, 0) is 0 Å². The van der Waals surface area contributed by atoms with E-state index in [4.69, 9.17) is 15.0 Å². The molecule has 3 nitrogen and oxygen atoms in total. The van der Waals surface area contributed by atoms with Gasteiger partial charge in [-0.2, -0.15) is 0 Å². The molecule has 250 valence electrons. The Labute approximate surface area is 310 Å². The van der Waals surface area contributed by atoms with Crippen LogP contribution in [0.1, 0.15) is 0 Å². The van der Waals surface area contributed by atoms with Crippen LogP contribution in [0.5, 0.6) is 0 Å². The fourth-order valence-corrected chi connectivity index (χ4v) is 11.7. The Bertz CT molecular complexity index is 2850. The summed E-state index contributed by atoms with van der Waals surface area (Å²) in [6.07, 6.45) is 0. The molecule has 53 heavy (non-hydrogen) atoms. The summed E-state index contributed by atoms with van der Waals surface area (Å²) in [4.78, 5) is 15.8. The molecule has 0 amide bonds. The molecule has 2 heterocycles. The van der Waals surface area contributed by atoms with Crippen LogP contribution in [0, 0.1) is 0 Å². The Morgan fingerprint density at radius 1 is 0.340 bits per heavy atom. The molecule has 4 heteroatoms. The van der Waals surface area contributed by atoms with Gasteiger partial charge in [-0.15, -0.1) is 0 Å². The van der Waals surface area contributed by atoms with Gasteiger partial charge in [0, 0.05) is 16.7 Å². The molecule has 0 aliphatic carbocycles. The highest BCUT2D eigenvalue weighted by atomic mass is 28.3. The minimum absolute atomic E-state index is 0.665. The van der Waals surface area contributed by atoms with E-state index >= 15 is 0 Å². The van der Waals surface area contributed by atoms with E-state index in [1.165, 1.54) is 48.6 Å². The molecule has 0 saturated carbocycles. The number of nitrogens with zero attached hydrogens (tertiary/aromatic N) is 3. The first-order valence-corrected chi connectivity index (χ1v) is 21.2. The molecular formula is C49H35N3Si. The Kier molecular flexibility index (Phi) is 7.27. The second kappa shape index (κ2) is 12.3. The topological polar surface area (TPSA) is 38.7 Å². The van der Waals surface area contributed by atoms with Crippen LogP contribution < -0.4 is 10.4 Å². The predicted octanol–water partition coefficient (Wildman–Crippen LogP) is 11.3. The summed E-state index contributed by atoms with van der Waals surface area (Å²) in [6, 6.07) is 62.9. The van der Waals surface area contributed by atoms with E-state index in [9.17, 15) is 0 Å². The van der Waals surface area contributed by atoms with Gasteiger partial charge in [-0.25, -0.2) is 15.0 Å². The smallest absolute Gasteiger partial charge is 0.164 e. The molecule has 1 aromatic heterocycles. The molecule has 0 atom stereocenters. The highest BCUT2D eigenvalue weighted by molar-refractivity contribution is 7.04. The standard InChI is InChI=1S/C49H35N3Si/c1-53(2)45-31-38-17-7-6-16-37(38)30-44(45)42-23-12-24-43(46(42)53)49-51-47(50-48(52-49)39-20-10-19-36(29-39)32-13-4-3-5-14-32)35-27-25-34(26-28-35)41-22-11-18-33-15-8-9-21-40(33)41/h3-31H,1-2H3. The van der Waals surface area contributed by atoms with E-state index < -0.39 is 8.07 Å². The summed E-state index contributed by atoms with van der Waals surface area (Å²) in [5.74, 6) is 2.04. The number of hydrogen-bond donors (Lipinski definition) is 0. The van der Waals surface area contributed by atoms with Gasteiger partial charge in [0.25, 0.3) is 0 Å². The second-order valence-corrected chi connectivity index (χ2v) is 18.7. The fourth-order valence-electron chi connectivity index (χ4n) is 8.25. The van der Waals surface area contributed by atoms with E-state index in [0.717, 1.165) is 33.4 Å². The normalized spacial score (nSPS) is 12.9. The molecule has 0 N–H and O–H groups in total. The van der Waals surface area contributed by atoms with Gasteiger partial charge in [0.05, 0.1) is 0 Å². The van der Waals surface area contributed by atoms with Gasteiger partial charge in [-0.05, 0) is 77.4 Å². The molecule has 1 aliphatic rings. The van der Waals surface area contributed by atoms with Gasteiger partial charge in [-0.3, -0.25) is 0 Å². The van der Waals surface area contributed by atoms with Crippen LogP contribution in [0.2, 0.25) is 13.1 Å². The minimum Gasteiger partial charge on any atom is -0.208 e. The van der Waals surface area contributed by atoms with Gasteiger partial charge >= 0.3 is 0 Å². The zero-order valence-corrected chi connectivity index (χ0v) is 30.6. The lowest BCUT2D eigenvalue weighted by molar-refractivity contribution is 1.08. The average molecular weight is 694 g/mol. The van der Waals surface area contributed by atoms with Crippen molar-refractivity contribution in [1.29, 1.82) is 0 Å². The summed E-state index contributed by atoms with van der Waals surface area (Å²) in [5, 5.41) is 7.88. The van der Waals surface area contributed by atoms with Crippen LogP contribution >= 0.6 is 0 Å². The summed E-state index contributed by atoms with van der Waals surface area (Å²) < 4.78 is 0. The van der Waals surface area contributed by atoms with Crippen molar-refractivity contribution in [3.05, 3.63) is 176 Å². The van der Waals surface area contributed by atoms with Crippen LogP contribution in [0.4, 0.5) is 0 Å². The second-order valence-electron chi connectivity index (χ2n) is 14.5. The highest BCUT2D eigenvalue weighted by Gasteiger charge is 2.40. The summed E-state index contributed by atoms with van der Waals surface area (Å²) >= 11 is 0. The van der Waals surface area contributed by atoms with Gasteiger partial charge in [0.2, 0.25) is 0 Å². The summed E-state index contributed by atoms with van der Waals surface area (Å²) in [6.45, 7) is 4.93. The molecule has 9 aromatic rings. The molecule has 0 radical (unpaired) electrons. The van der Waals surface area contributed by atoms with E-state index in [1.807, 2.05) is 6.07 Å². The Balaban J connectivity index is 1.15. The number of benzene rings is 8. The van der Waals surface area contributed by atoms with Crippen molar-refractivity contribution in [2.24, 2.45) is 0 Å². The first-order valence-electron chi connectivity index (χ1n) is 18.2. The summed E-state index contributed by atoms with van der Waals surface area (Å²) in [5.41, 5.74) is 10.3. The third-order valence-electron chi connectivity index (χ3n) is 10.9. The third-order valence-corrected chi connectivity index (χ3v) is 14.4. The first-order chi connectivity index (χ1) is 26.0. The third kappa shape index (κ3) is 5.30. The largest absolute Gasteiger partial charge is 0.208 e. The maximum absolute atomic E-state index is 5.29. The molecule has 0 bridgehead atoms. The lowest BCUT2D eigenvalue weighted by Crippen LogP contribution is -2.50. The van der Waals surface area contributed by atoms with Crippen molar-refractivity contribution < 1.29 is 0 Å². The number of rotatable bonds is 5. The van der Waals surface area contributed by atoms with Crippen molar-refractivity contribution in [3.8, 4) is 67.5 Å². The molecular weight excluding hydrogens is 659 g/mol. The highest BCUT2D eigenvalue weighted by Crippen LogP contribution is 2.36. The van der Waals surface area contributed by atoms with Gasteiger partial charge in [0.1, 0.15) is 8.07 Å². The van der Waals surface area contributed by atoms with Crippen LogP contribution in [0.15, 0.2) is 176 Å². The van der Waals surface area contributed by atoms with E-state index in [1.54, 1.807) is 0 Å². The molecule has 0 fully saturated rings. The van der Waals surface area contributed by atoms with Crippen LogP contribution in [0.3, 0.4) is 0 Å². The van der Waals surface area contributed by atoms with Gasteiger partial charge in [-0.1, -0.05) is 177 Å². The fraction of sp³-hybridized carbons (Fsp3) is 0.0408. The summed E-state index contributed by atoms with van der Waals surface area (Å²) in [7, 11) is -2.14. The van der Waals surface area contributed by atoms with E-state index in [2.05, 4.69) is 183 Å². The number of aromatic nitrogens is 3. The SMILES string of the molecule is C[Si]1(C)c2cc3ccccc3cc2-c2cccc(-c3nc(-c4ccc(-c5cccc6ccccc56)cc4)nc(-c4cccc(-c5ccccc5)c4)n3)c21. The molecule has 8 aromatic carbocycles. The van der Waals surface area contributed by atoms with Crippen molar-refractivity contribution >= 4 is 40.0 Å². The van der Waals surface area contributed by atoms with Crippen LogP contribution in [-0.4, -0.2) is 23.0 Å². The van der Waals surface area contributed by atoms with Gasteiger partial charge < -0.3 is 0 Å². The maximum atomic E-state index is 5.29. The van der Waals surface area contributed by atoms with Gasteiger partial charge in [0.15, 0.2) is 17.5 Å². The molecule has 0 spiro atoms. The lowest BCUT2D eigenvalue weighted by Gasteiger charge is -2.22. The monoisotopic (exact) mass is 693 g/mol. The number of fused-ring (bicyclic) bond motifs is 5. The van der Waals surface area contributed by atoms with Crippen LogP contribution in [0.25, 0.3) is 89.1 Å². The van der Waals surface area contributed by atoms with Crippen molar-refractivity contribution in [1.82, 2.24) is 15.0 Å². The zero-order valence-electron chi connectivity index (χ0n) is 29.6. The first kappa shape index (κ1) is 31.3. The lowest BCUT2D eigenvalue weighted by atomic mass is 9.97. The molecule has 10 rings (SSSR count). The predicted molar refractivity (Wildman–Crippen MR) is 224 cm³/mol. The maximum Gasteiger partial charge on any atom is 0.164 e. The van der Waals surface area contributed by atoms with E-state index in [-0.39, 0.29) is 0 Å². The zero-order chi connectivity index (χ0) is 35.5. The Morgan fingerprint density at radius 3 is 1.70 bits per heavy atom. The molecule has 0 saturated heterocycles. The van der Waals surface area contributed by atoms with Crippen molar-refractivity contribution in [3.63, 3.8) is 0 Å². The quantitative estimate of drug-likeness (QED) is 0.168. The van der Waals surface area contributed by atoms with E-state index in [0.29, 0.717) is 17.5 Å².